The van der Waals surface area contributed by atoms with E-state index in [0.717, 1.165) is 28.2 Å². The molecule has 0 aliphatic carbocycles. The molecule has 4 aromatic rings. The third-order valence-electron chi connectivity index (χ3n) is 4.67. The molecule has 0 spiro atoms. The van der Waals surface area contributed by atoms with Crippen LogP contribution in [0.2, 0.25) is 0 Å². The highest BCUT2D eigenvalue weighted by Crippen LogP contribution is 2.24. The molecule has 0 radical (unpaired) electrons. The molecule has 0 atom stereocenters. The first-order valence-electron chi connectivity index (χ1n) is 9.15. The molecule has 1 aliphatic heterocycles. The van der Waals surface area contributed by atoms with Crippen LogP contribution in [0.4, 0.5) is 5.69 Å². The number of rotatable bonds is 3. The molecular weight excluding hydrogens is 380 g/mol. The van der Waals surface area contributed by atoms with E-state index < -0.39 is 0 Å². The van der Waals surface area contributed by atoms with E-state index in [4.69, 9.17) is 0 Å². The summed E-state index contributed by atoms with van der Waals surface area (Å²) in [6.07, 6.45) is 0. The average Bonchev–Trinajstić information content (AvgIpc) is 3.34. The van der Waals surface area contributed by atoms with Gasteiger partial charge in [-0.05, 0) is 23.8 Å². The van der Waals surface area contributed by atoms with Crippen molar-refractivity contribution < 1.29 is 4.79 Å². The van der Waals surface area contributed by atoms with Gasteiger partial charge in [-0.3, -0.25) is 9.36 Å². The van der Waals surface area contributed by atoms with Crippen molar-refractivity contribution in [3.8, 4) is 16.9 Å². The minimum absolute atomic E-state index is 0.235. The number of aromatic nitrogens is 1. The highest BCUT2D eigenvalue weighted by molar-refractivity contribution is 7.07. The number of carbonyl (C=O) groups is 1. The monoisotopic (exact) mass is 396 g/mol. The highest BCUT2D eigenvalue weighted by atomic mass is 32.1. The molecule has 1 N–H and O–H groups in total. The first-order chi connectivity index (χ1) is 14.3. The second-order valence-corrected chi connectivity index (χ2v) is 7.33. The molecule has 0 saturated heterocycles. The summed E-state index contributed by atoms with van der Waals surface area (Å²) in [6.45, 7) is 0. The lowest BCUT2D eigenvalue weighted by Crippen LogP contribution is -2.16. The Balaban J connectivity index is 1.69. The number of nitrogens with zero attached hydrogens (tertiary/aromatic N) is 3. The third kappa shape index (κ3) is 3.19. The van der Waals surface area contributed by atoms with E-state index in [-0.39, 0.29) is 5.91 Å². The summed E-state index contributed by atoms with van der Waals surface area (Å²) in [6, 6.07) is 27.7. The topological polar surface area (TPSA) is 58.8 Å². The lowest BCUT2D eigenvalue weighted by molar-refractivity contribution is -0.110. The molecule has 0 saturated carbocycles. The molecular formula is C23H16N4OS. The second-order valence-electron chi connectivity index (χ2n) is 6.49. The number of nitrogens with one attached hydrogen (secondary N) is 1. The molecule has 5 nitrogen and oxygen atoms in total. The predicted octanol–water partition coefficient (Wildman–Crippen LogP) is 4.46. The van der Waals surface area contributed by atoms with Gasteiger partial charge in [-0.25, -0.2) is 0 Å². The van der Waals surface area contributed by atoms with Gasteiger partial charge in [0.15, 0.2) is 5.71 Å². The Labute approximate surface area is 171 Å². The summed E-state index contributed by atoms with van der Waals surface area (Å²) in [5.41, 5.74) is 4.96. The summed E-state index contributed by atoms with van der Waals surface area (Å²) in [7, 11) is 0. The van der Waals surface area contributed by atoms with Crippen LogP contribution in [0.1, 0.15) is 5.56 Å². The summed E-state index contributed by atoms with van der Waals surface area (Å²) >= 11 is 1.49. The van der Waals surface area contributed by atoms with Crippen LogP contribution in [0.15, 0.2) is 101 Å². The van der Waals surface area contributed by atoms with Crippen LogP contribution in [-0.2, 0) is 4.79 Å². The van der Waals surface area contributed by atoms with Crippen LogP contribution in [0.5, 0.6) is 0 Å². The number of thiazole rings is 1. The van der Waals surface area contributed by atoms with Crippen molar-refractivity contribution in [3.05, 3.63) is 101 Å². The Morgan fingerprint density at radius 3 is 2.28 bits per heavy atom. The molecule has 140 valence electrons. The maximum Gasteiger partial charge on any atom is 0.276 e. The van der Waals surface area contributed by atoms with Gasteiger partial charge in [0.1, 0.15) is 0 Å². The van der Waals surface area contributed by atoms with E-state index in [9.17, 15) is 4.79 Å². The standard InChI is InChI=1S/C23H16N4OS/c28-22-21(18-13-7-8-14-19(18)24-22)25-26-23-27(17-11-5-2-6-12-17)20(15-29-23)16-9-3-1-4-10-16/h1-15H,(H,24,25,28)/b26-23+. The zero-order chi connectivity index (χ0) is 19.6. The van der Waals surface area contributed by atoms with E-state index >= 15 is 0 Å². The zero-order valence-corrected chi connectivity index (χ0v) is 16.1. The van der Waals surface area contributed by atoms with Crippen molar-refractivity contribution in [2.75, 3.05) is 5.32 Å². The number of hydrogen-bond donors (Lipinski definition) is 1. The van der Waals surface area contributed by atoms with Gasteiger partial charge in [-0.2, -0.15) is 0 Å². The van der Waals surface area contributed by atoms with Crippen LogP contribution < -0.4 is 10.1 Å². The number of benzene rings is 3. The average molecular weight is 396 g/mol. The van der Waals surface area contributed by atoms with E-state index in [2.05, 4.69) is 37.6 Å². The quantitative estimate of drug-likeness (QED) is 0.511. The molecule has 6 heteroatoms. The minimum atomic E-state index is -0.235. The minimum Gasteiger partial charge on any atom is -0.320 e. The van der Waals surface area contributed by atoms with Crippen LogP contribution in [0.25, 0.3) is 16.9 Å². The van der Waals surface area contributed by atoms with Crippen molar-refractivity contribution in [3.63, 3.8) is 0 Å². The Hall–Kier alpha value is -3.77. The van der Waals surface area contributed by atoms with E-state index in [1.54, 1.807) is 0 Å². The molecule has 1 amide bonds. The van der Waals surface area contributed by atoms with Gasteiger partial charge in [0.2, 0.25) is 4.80 Å². The van der Waals surface area contributed by atoms with Crippen LogP contribution in [0.3, 0.4) is 0 Å². The first kappa shape index (κ1) is 17.3. The largest absolute Gasteiger partial charge is 0.320 e. The Bertz CT molecular complexity index is 1290. The molecule has 0 bridgehead atoms. The Kier molecular flexibility index (Phi) is 4.38. The lowest BCUT2D eigenvalue weighted by Gasteiger charge is -2.08. The fraction of sp³-hybridized carbons (Fsp3) is 0. The molecule has 1 aromatic heterocycles. The zero-order valence-electron chi connectivity index (χ0n) is 15.3. The van der Waals surface area contributed by atoms with Crippen molar-refractivity contribution in [2.45, 2.75) is 0 Å². The summed E-state index contributed by atoms with van der Waals surface area (Å²) in [4.78, 5) is 13.0. The smallest absolute Gasteiger partial charge is 0.276 e. The van der Waals surface area contributed by atoms with Crippen molar-refractivity contribution >= 4 is 28.6 Å². The lowest BCUT2D eigenvalue weighted by atomic mass is 10.1. The molecule has 0 unspecified atom stereocenters. The van der Waals surface area contributed by atoms with Gasteiger partial charge in [-0.15, -0.1) is 21.5 Å². The number of para-hydroxylation sites is 2. The van der Waals surface area contributed by atoms with E-state index in [1.807, 2.05) is 72.8 Å². The number of anilines is 1. The van der Waals surface area contributed by atoms with Gasteiger partial charge in [0.25, 0.3) is 5.91 Å². The Morgan fingerprint density at radius 2 is 1.48 bits per heavy atom. The predicted molar refractivity (Wildman–Crippen MR) is 116 cm³/mol. The molecule has 2 heterocycles. The number of amides is 1. The third-order valence-corrected chi connectivity index (χ3v) is 5.49. The number of hydrogen-bond acceptors (Lipinski definition) is 4. The van der Waals surface area contributed by atoms with Gasteiger partial charge in [0, 0.05) is 16.6 Å². The first-order valence-corrected chi connectivity index (χ1v) is 10.0. The van der Waals surface area contributed by atoms with Crippen molar-refractivity contribution in [2.24, 2.45) is 10.2 Å². The van der Waals surface area contributed by atoms with Gasteiger partial charge in [-0.1, -0.05) is 66.7 Å². The second kappa shape index (κ2) is 7.33. The van der Waals surface area contributed by atoms with Crippen molar-refractivity contribution in [1.82, 2.24) is 4.57 Å². The summed E-state index contributed by atoms with van der Waals surface area (Å²) in [5, 5.41) is 13.7. The fourth-order valence-electron chi connectivity index (χ4n) is 3.31. The van der Waals surface area contributed by atoms with Crippen LogP contribution in [0, 0.1) is 0 Å². The summed E-state index contributed by atoms with van der Waals surface area (Å²) < 4.78 is 2.06. The van der Waals surface area contributed by atoms with Gasteiger partial charge < -0.3 is 5.32 Å². The van der Waals surface area contributed by atoms with Crippen LogP contribution >= 0.6 is 11.3 Å². The maximum atomic E-state index is 12.3. The highest BCUT2D eigenvalue weighted by Gasteiger charge is 2.25. The summed E-state index contributed by atoms with van der Waals surface area (Å²) in [5.74, 6) is -0.235. The van der Waals surface area contributed by atoms with E-state index in [0.29, 0.717) is 10.5 Å². The van der Waals surface area contributed by atoms with Crippen molar-refractivity contribution in [1.29, 1.82) is 0 Å². The molecule has 0 fully saturated rings. The molecule has 29 heavy (non-hydrogen) atoms. The Morgan fingerprint density at radius 1 is 0.793 bits per heavy atom. The van der Waals surface area contributed by atoms with E-state index in [1.165, 1.54) is 11.3 Å². The molecule has 1 aliphatic rings. The number of fused-ring (bicyclic) bond motifs is 1. The molecule has 3 aromatic carbocycles. The SMILES string of the molecule is O=C1Nc2ccccc2/C1=N\N=c1\scc(-c2ccccc2)n1-c1ccccc1. The van der Waals surface area contributed by atoms with Crippen LogP contribution in [-0.4, -0.2) is 16.2 Å². The maximum absolute atomic E-state index is 12.3. The van der Waals surface area contributed by atoms with Gasteiger partial charge >= 0.3 is 0 Å². The van der Waals surface area contributed by atoms with Gasteiger partial charge in [0.05, 0.1) is 11.4 Å². The normalized spacial score (nSPS) is 14.8. The molecule has 5 rings (SSSR count). The fourth-order valence-corrected chi connectivity index (χ4v) is 4.17. The number of carbonyl (C=O) groups excluding carboxylic acids is 1.